The minimum atomic E-state index is -0.133. The largest absolute Gasteiger partial charge is 0.385 e. The van der Waals surface area contributed by atoms with Crippen molar-refractivity contribution in [3.05, 3.63) is 24.0 Å². The van der Waals surface area contributed by atoms with Crippen LogP contribution >= 0.6 is 0 Å². The lowest BCUT2D eigenvalue weighted by Crippen LogP contribution is -2.28. The first kappa shape index (κ1) is 14.4. The summed E-state index contributed by atoms with van der Waals surface area (Å²) in [7, 11) is 0. The minimum absolute atomic E-state index is 0.133. The molecule has 0 bridgehead atoms. The zero-order chi connectivity index (χ0) is 13.4. The summed E-state index contributed by atoms with van der Waals surface area (Å²) in [6, 6.07) is 1.79. The van der Waals surface area contributed by atoms with E-state index in [0.717, 1.165) is 12.2 Å². The van der Waals surface area contributed by atoms with E-state index in [-0.39, 0.29) is 12.0 Å². The molecule has 0 aliphatic heterocycles. The average Bonchev–Trinajstić information content (AvgIpc) is 2.35. The van der Waals surface area contributed by atoms with Crippen molar-refractivity contribution < 1.29 is 9.53 Å². The SMILES string of the molecule is CCNc1ccncc1C(=O)NCCOC(C)C. The maximum atomic E-state index is 11.9. The second-order valence-corrected chi connectivity index (χ2v) is 4.13. The lowest BCUT2D eigenvalue weighted by molar-refractivity contribution is 0.0747. The van der Waals surface area contributed by atoms with Crippen LogP contribution in [0, 0.1) is 0 Å². The summed E-state index contributed by atoms with van der Waals surface area (Å²) >= 11 is 0. The first-order valence-electron chi connectivity index (χ1n) is 6.22. The summed E-state index contributed by atoms with van der Waals surface area (Å²) in [5.41, 5.74) is 1.36. The average molecular weight is 251 g/mol. The molecular formula is C13H21N3O2. The van der Waals surface area contributed by atoms with Crippen molar-refractivity contribution in [3.8, 4) is 0 Å². The van der Waals surface area contributed by atoms with Crippen molar-refractivity contribution in [1.29, 1.82) is 0 Å². The Bertz CT molecular complexity index is 380. The van der Waals surface area contributed by atoms with Gasteiger partial charge in [0.2, 0.25) is 0 Å². The molecule has 1 amide bonds. The summed E-state index contributed by atoms with van der Waals surface area (Å²) in [5.74, 6) is -0.133. The number of rotatable bonds is 7. The molecular weight excluding hydrogens is 230 g/mol. The van der Waals surface area contributed by atoms with Gasteiger partial charge in [-0.15, -0.1) is 0 Å². The Balaban J connectivity index is 2.50. The Labute approximate surface area is 108 Å². The van der Waals surface area contributed by atoms with E-state index in [1.807, 2.05) is 20.8 Å². The smallest absolute Gasteiger partial charge is 0.255 e. The first-order chi connectivity index (χ1) is 8.65. The maximum Gasteiger partial charge on any atom is 0.255 e. The van der Waals surface area contributed by atoms with Gasteiger partial charge in [-0.1, -0.05) is 0 Å². The predicted molar refractivity (Wildman–Crippen MR) is 71.8 cm³/mol. The summed E-state index contributed by atoms with van der Waals surface area (Å²) < 4.78 is 5.36. The Morgan fingerprint density at radius 2 is 2.28 bits per heavy atom. The minimum Gasteiger partial charge on any atom is -0.385 e. The standard InChI is InChI=1S/C13H21N3O2/c1-4-15-12-5-6-14-9-11(12)13(17)16-7-8-18-10(2)3/h5-6,9-10H,4,7-8H2,1-3H3,(H,14,15)(H,16,17). The molecule has 0 aromatic carbocycles. The van der Waals surface area contributed by atoms with Crippen molar-refractivity contribution in [1.82, 2.24) is 10.3 Å². The van der Waals surface area contributed by atoms with Crippen LogP contribution in [0.4, 0.5) is 5.69 Å². The molecule has 2 N–H and O–H groups in total. The predicted octanol–water partition coefficient (Wildman–Crippen LogP) is 1.67. The van der Waals surface area contributed by atoms with Crippen molar-refractivity contribution in [2.45, 2.75) is 26.9 Å². The topological polar surface area (TPSA) is 63.2 Å². The molecule has 1 rings (SSSR count). The molecule has 5 nitrogen and oxygen atoms in total. The number of ether oxygens (including phenoxy) is 1. The van der Waals surface area contributed by atoms with Crippen molar-refractivity contribution >= 4 is 11.6 Å². The Hall–Kier alpha value is -1.62. The first-order valence-corrected chi connectivity index (χ1v) is 6.22. The van der Waals surface area contributed by atoms with E-state index in [9.17, 15) is 4.79 Å². The van der Waals surface area contributed by atoms with Gasteiger partial charge in [-0.2, -0.15) is 0 Å². The van der Waals surface area contributed by atoms with Crippen LogP contribution in [-0.2, 0) is 4.74 Å². The molecule has 0 unspecified atom stereocenters. The van der Waals surface area contributed by atoms with Gasteiger partial charge < -0.3 is 15.4 Å². The van der Waals surface area contributed by atoms with Crippen molar-refractivity contribution in [2.24, 2.45) is 0 Å². The molecule has 5 heteroatoms. The van der Waals surface area contributed by atoms with E-state index in [0.29, 0.717) is 18.7 Å². The number of aromatic nitrogens is 1. The number of carbonyl (C=O) groups is 1. The summed E-state index contributed by atoms with van der Waals surface area (Å²) in [6.45, 7) is 7.69. The fourth-order valence-corrected chi connectivity index (χ4v) is 1.47. The van der Waals surface area contributed by atoms with E-state index in [4.69, 9.17) is 4.74 Å². The van der Waals surface area contributed by atoms with Crippen LogP contribution in [0.2, 0.25) is 0 Å². The fourth-order valence-electron chi connectivity index (χ4n) is 1.47. The number of amides is 1. The van der Waals surface area contributed by atoms with Crippen molar-refractivity contribution in [2.75, 3.05) is 25.0 Å². The highest BCUT2D eigenvalue weighted by atomic mass is 16.5. The zero-order valence-corrected chi connectivity index (χ0v) is 11.2. The van der Waals surface area contributed by atoms with Gasteiger partial charge in [0.05, 0.1) is 24.0 Å². The molecule has 0 saturated heterocycles. The molecule has 0 atom stereocenters. The quantitative estimate of drug-likeness (QED) is 0.724. The molecule has 0 radical (unpaired) electrons. The lowest BCUT2D eigenvalue weighted by Gasteiger charge is -2.11. The highest BCUT2D eigenvalue weighted by Gasteiger charge is 2.10. The molecule has 100 valence electrons. The molecule has 0 saturated carbocycles. The van der Waals surface area contributed by atoms with Gasteiger partial charge in [-0.3, -0.25) is 9.78 Å². The number of hydrogen-bond acceptors (Lipinski definition) is 4. The lowest BCUT2D eigenvalue weighted by atomic mass is 10.2. The van der Waals surface area contributed by atoms with Gasteiger partial charge in [0.15, 0.2) is 0 Å². The fraction of sp³-hybridized carbons (Fsp3) is 0.538. The zero-order valence-electron chi connectivity index (χ0n) is 11.2. The number of nitrogens with zero attached hydrogens (tertiary/aromatic N) is 1. The molecule has 1 aromatic heterocycles. The van der Waals surface area contributed by atoms with Crippen LogP contribution in [0.3, 0.4) is 0 Å². The van der Waals surface area contributed by atoms with Crippen LogP contribution in [0.15, 0.2) is 18.5 Å². The monoisotopic (exact) mass is 251 g/mol. The molecule has 0 aliphatic rings. The van der Waals surface area contributed by atoms with E-state index < -0.39 is 0 Å². The molecule has 18 heavy (non-hydrogen) atoms. The van der Waals surface area contributed by atoms with E-state index in [1.54, 1.807) is 18.5 Å². The van der Waals surface area contributed by atoms with Crippen LogP contribution in [-0.4, -0.2) is 36.7 Å². The van der Waals surface area contributed by atoms with Gasteiger partial charge >= 0.3 is 0 Å². The van der Waals surface area contributed by atoms with Crippen LogP contribution in [0.1, 0.15) is 31.1 Å². The van der Waals surface area contributed by atoms with Gasteiger partial charge in [-0.05, 0) is 26.8 Å². The Kier molecular flexibility index (Phi) is 6.14. The third-order valence-electron chi connectivity index (χ3n) is 2.27. The normalized spacial score (nSPS) is 10.4. The van der Waals surface area contributed by atoms with E-state index >= 15 is 0 Å². The Morgan fingerprint density at radius 3 is 2.94 bits per heavy atom. The van der Waals surface area contributed by atoms with Gasteiger partial charge in [-0.25, -0.2) is 0 Å². The molecule has 0 spiro atoms. The maximum absolute atomic E-state index is 11.9. The highest BCUT2D eigenvalue weighted by molar-refractivity contribution is 5.99. The number of carbonyl (C=O) groups excluding carboxylic acids is 1. The second-order valence-electron chi connectivity index (χ2n) is 4.13. The molecule has 0 aliphatic carbocycles. The highest BCUT2D eigenvalue weighted by Crippen LogP contribution is 2.12. The summed E-state index contributed by atoms with van der Waals surface area (Å²) in [6.07, 6.45) is 3.41. The van der Waals surface area contributed by atoms with E-state index in [2.05, 4.69) is 15.6 Å². The van der Waals surface area contributed by atoms with Gasteiger partial charge in [0, 0.05) is 25.5 Å². The third kappa shape index (κ3) is 4.71. The number of anilines is 1. The number of pyridine rings is 1. The van der Waals surface area contributed by atoms with Crippen LogP contribution in [0.5, 0.6) is 0 Å². The number of hydrogen-bond donors (Lipinski definition) is 2. The summed E-state index contributed by atoms with van der Waals surface area (Å²) in [5, 5.41) is 5.94. The van der Waals surface area contributed by atoms with Crippen LogP contribution < -0.4 is 10.6 Å². The number of nitrogens with one attached hydrogen (secondary N) is 2. The van der Waals surface area contributed by atoms with E-state index in [1.165, 1.54) is 0 Å². The van der Waals surface area contributed by atoms with Crippen LogP contribution in [0.25, 0.3) is 0 Å². The van der Waals surface area contributed by atoms with Gasteiger partial charge in [0.25, 0.3) is 5.91 Å². The molecule has 1 heterocycles. The molecule has 1 aromatic rings. The van der Waals surface area contributed by atoms with Crippen molar-refractivity contribution in [3.63, 3.8) is 0 Å². The second kappa shape index (κ2) is 7.66. The summed E-state index contributed by atoms with van der Waals surface area (Å²) in [4.78, 5) is 15.9. The molecule has 0 fully saturated rings. The third-order valence-corrected chi connectivity index (χ3v) is 2.27. The Morgan fingerprint density at radius 1 is 1.50 bits per heavy atom. The van der Waals surface area contributed by atoms with Gasteiger partial charge in [0.1, 0.15) is 0 Å².